The number of hydrazine groups is 1. The number of rotatable bonds is 7. The van der Waals surface area contributed by atoms with E-state index in [0.29, 0.717) is 25.9 Å². The number of nitrogens with zero attached hydrogens (tertiary/aromatic N) is 1. The lowest BCUT2D eigenvalue weighted by Gasteiger charge is -2.30. The van der Waals surface area contributed by atoms with Crippen molar-refractivity contribution in [2.45, 2.75) is 31.2 Å². The van der Waals surface area contributed by atoms with E-state index in [2.05, 4.69) is 15.6 Å². The number of amides is 3. The fraction of sp³-hybridized carbons (Fsp3) is 0.348. The van der Waals surface area contributed by atoms with E-state index >= 15 is 0 Å². The number of benzene rings is 2. The molecule has 0 aliphatic carbocycles. The Labute approximate surface area is 198 Å². The van der Waals surface area contributed by atoms with Gasteiger partial charge in [-0.1, -0.05) is 36.4 Å². The van der Waals surface area contributed by atoms with Crippen LogP contribution in [0.15, 0.2) is 59.5 Å². The van der Waals surface area contributed by atoms with Gasteiger partial charge in [-0.25, -0.2) is 17.9 Å². The fourth-order valence-corrected chi connectivity index (χ4v) is 4.56. The third-order valence-electron chi connectivity index (χ3n) is 5.41. The van der Waals surface area contributed by atoms with E-state index in [1.165, 1.54) is 24.3 Å². The zero-order chi connectivity index (χ0) is 24.6. The molecule has 3 N–H and O–H groups in total. The van der Waals surface area contributed by atoms with Gasteiger partial charge >= 0.3 is 6.09 Å². The zero-order valence-electron chi connectivity index (χ0n) is 18.8. The van der Waals surface area contributed by atoms with Crippen molar-refractivity contribution in [3.8, 4) is 0 Å². The van der Waals surface area contributed by atoms with Gasteiger partial charge in [0.25, 0.3) is 5.91 Å². The maximum Gasteiger partial charge on any atom is 0.409 e. The van der Waals surface area contributed by atoms with Crippen molar-refractivity contribution in [2.24, 2.45) is 5.92 Å². The zero-order valence-corrected chi connectivity index (χ0v) is 19.6. The van der Waals surface area contributed by atoms with E-state index in [1.807, 2.05) is 18.2 Å². The Hall–Kier alpha value is -3.44. The van der Waals surface area contributed by atoms with Crippen LogP contribution in [0.5, 0.6) is 0 Å². The highest BCUT2D eigenvalue weighted by atomic mass is 32.2. The van der Waals surface area contributed by atoms with E-state index < -0.39 is 22.0 Å². The first-order chi connectivity index (χ1) is 16.3. The second kappa shape index (κ2) is 11.6. The smallest absolute Gasteiger partial charge is 0.409 e. The minimum Gasteiger partial charge on any atom is -0.450 e. The highest BCUT2D eigenvalue weighted by Crippen LogP contribution is 2.18. The first-order valence-corrected chi connectivity index (χ1v) is 12.4. The SMILES string of the molecule is CCOC(=O)N1CCC(C(=O)NNC(=O)c2cccc(S(=O)(=O)NCc3ccccc3)c2)CC1. The van der Waals surface area contributed by atoms with Crippen molar-refractivity contribution in [1.82, 2.24) is 20.5 Å². The molecule has 0 aromatic heterocycles. The molecule has 2 aromatic rings. The number of sulfonamides is 1. The maximum absolute atomic E-state index is 12.6. The third-order valence-corrected chi connectivity index (χ3v) is 6.81. The minimum atomic E-state index is -3.84. The number of carbonyl (C=O) groups is 3. The van der Waals surface area contributed by atoms with Crippen molar-refractivity contribution in [3.05, 3.63) is 65.7 Å². The van der Waals surface area contributed by atoms with Gasteiger partial charge < -0.3 is 9.64 Å². The van der Waals surface area contributed by atoms with Gasteiger partial charge in [0.05, 0.1) is 11.5 Å². The Bertz CT molecular complexity index is 1120. The molecule has 11 heteroatoms. The van der Waals surface area contributed by atoms with Crippen LogP contribution in [0.2, 0.25) is 0 Å². The van der Waals surface area contributed by atoms with Gasteiger partial charge in [0.15, 0.2) is 0 Å². The van der Waals surface area contributed by atoms with Crippen LogP contribution in [0, 0.1) is 5.92 Å². The van der Waals surface area contributed by atoms with E-state index in [4.69, 9.17) is 4.74 Å². The molecular weight excluding hydrogens is 460 g/mol. The summed E-state index contributed by atoms with van der Waals surface area (Å²) in [6.45, 7) is 2.91. The van der Waals surface area contributed by atoms with Crippen LogP contribution >= 0.6 is 0 Å². The Kier molecular flexibility index (Phi) is 8.61. The lowest BCUT2D eigenvalue weighted by atomic mass is 9.96. The van der Waals surface area contributed by atoms with Gasteiger partial charge in [-0.05, 0) is 43.5 Å². The number of hydrogen-bond donors (Lipinski definition) is 3. The first kappa shape index (κ1) is 25.2. The largest absolute Gasteiger partial charge is 0.450 e. The first-order valence-electron chi connectivity index (χ1n) is 11.0. The Morgan fingerprint density at radius 3 is 2.38 bits per heavy atom. The highest BCUT2D eigenvalue weighted by Gasteiger charge is 2.28. The molecule has 182 valence electrons. The van der Waals surface area contributed by atoms with E-state index in [-0.39, 0.29) is 35.4 Å². The molecule has 1 fully saturated rings. The number of likely N-dealkylation sites (tertiary alicyclic amines) is 1. The summed E-state index contributed by atoms with van der Waals surface area (Å²) >= 11 is 0. The molecule has 10 nitrogen and oxygen atoms in total. The molecule has 0 bridgehead atoms. The summed E-state index contributed by atoms with van der Waals surface area (Å²) < 4.78 is 32.7. The molecule has 1 saturated heterocycles. The number of hydrogen-bond acceptors (Lipinski definition) is 6. The monoisotopic (exact) mass is 488 g/mol. The Balaban J connectivity index is 1.52. The summed E-state index contributed by atoms with van der Waals surface area (Å²) in [5.74, 6) is -1.37. The normalized spacial score (nSPS) is 14.3. The van der Waals surface area contributed by atoms with Gasteiger partial charge in [0.2, 0.25) is 15.9 Å². The molecule has 3 amide bonds. The molecule has 0 radical (unpaired) electrons. The lowest BCUT2D eigenvalue weighted by Crippen LogP contribution is -2.48. The average Bonchev–Trinajstić information content (AvgIpc) is 2.87. The third kappa shape index (κ3) is 6.78. The summed E-state index contributed by atoms with van der Waals surface area (Å²) in [5.41, 5.74) is 5.60. The molecule has 0 saturated carbocycles. The molecule has 1 heterocycles. The van der Waals surface area contributed by atoms with Crippen LogP contribution in [-0.2, 0) is 26.1 Å². The van der Waals surface area contributed by atoms with Crippen molar-refractivity contribution in [3.63, 3.8) is 0 Å². The topological polar surface area (TPSA) is 134 Å². The molecular formula is C23H28N4O6S. The van der Waals surface area contributed by atoms with Crippen LogP contribution < -0.4 is 15.6 Å². The van der Waals surface area contributed by atoms with E-state index in [0.717, 1.165) is 5.56 Å². The molecule has 34 heavy (non-hydrogen) atoms. The number of nitrogens with one attached hydrogen (secondary N) is 3. The van der Waals surface area contributed by atoms with Gasteiger partial charge in [0.1, 0.15) is 0 Å². The quantitative estimate of drug-likeness (QED) is 0.509. The van der Waals surface area contributed by atoms with Crippen molar-refractivity contribution < 1.29 is 27.5 Å². The minimum absolute atomic E-state index is 0.0613. The van der Waals surface area contributed by atoms with Gasteiger partial charge in [-0.3, -0.25) is 20.4 Å². The van der Waals surface area contributed by atoms with E-state index in [9.17, 15) is 22.8 Å². The summed E-state index contributed by atoms with van der Waals surface area (Å²) in [4.78, 5) is 38.1. The van der Waals surface area contributed by atoms with Crippen molar-refractivity contribution in [2.75, 3.05) is 19.7 Å². The van der Waals surface area contributed by atoms with Gasteiger partial charge in [-0.2, -0.15) is 0 Å². The highest BCUT2D eigenvalue weighted by molar-refractivity contribution is 7.89. The standard InChI is InChI=1S/C23H28N4O6S/c1-2-33-23(30)27-13-11-18(12-14-27)21(28)25-26-22(29)19-9-6-10-20(15-19)34(31,32)24-16-17-7-4-3-5-8-17/h3-10,15,18,24H,2,11-14,16H2,1H3,(H,25,28)(H,26,29). The molecule has 0 atom stereocenters. The summed E-state index contributed by atoms with van der Waals surface area (Å²) in [6, 6.07) is 14.6. The Morgan fingerprint density at radius 1 is 1.00 bits per heavy atom. The van der Waals surface area contributed by atoms with Crippen LogP contribution in [0.4, 0.5) is 4.79 Å². The predicted molar refractivity (Wildman–Crippen MR) is 124 cm³/mol. The van der Waals surface area contributed by atoms with Gasteiger partial charge in [0, 0.05) is 31.1 Å². The number of piperidine rings is 1. The van der Waals surface area contributed by atoms with Crippen LogP contribution in [0.3, 0.4) is 0 Å². The molecule has 1 aliphatic rings. The predicted octanol–water partition coefficient (Wildman–Crippen LogP) is 1.79. The van der Waals surface area contributed by atoms with E-state index in [1.54, 1.807) is 24.0 Å². The fourth-order valence-electron chi connectivity index (χ4n) is 3.49. The summed E-state index contributed by atoms with van der Waals surface area (Å²) in [7, 11) is -3.84. The Morgan fingerprint density at radius 2 is 1.71 bits per heavy atom. The van der Waals surface area contributed by atoms with Crippen LogP contribution in [0.1, 0.15) is 35.7 Å². The summed E-state index contributed by atoms with van der Waals surface area (Å²) in [6.07, 6.45) is 0.491. The van der Waals surface area contributed by atoms with Crippen molar-refractivity contribution in [1.29, 1.82) is 0 Å². The second-order valence-corrected chi connectivity index (χ2v) is 9.51. The molecule has 0 unspecified atom stereocenters. The molecule has 1 aliphatic heterocycles. The van der Waals surface area contributed by atoms with Crippen LogP contribution in [-0.4, -0.2) is 50.9 Å². The summed E-state index contributed by atoms with van der Waals surface area (Å²) in [5, 5.41) is 0. The molecule has 0 spiro atoms. The number of ether oxygens (including phenoxy) is 1. The maximum atomic E-state index is 12.6. The second-order valence-electron chi connectivity index (χ2n) is 7.74. The van der Waals surface area contributed by atoms with Crippen molar-refractivity contribution >= 4 is 27.9 Å². The average molecular weight is 489 g/mol. The lowest BCUT2D eigenvalue weighted by molar-refractivity contribution is -0.127. The molecule has 3 rings (SSSR count). The van der Waals surface area contributed by atoms with Crippen LogP contribution in [0.25, 0.3) is 0 Å². The van der Waals surface area contributed by atoms with Gasteiger partial charge in [-0.15, -0.1) is 0 Å². The number of carbonyl (C=O) groups excluding carboxylic acids is 3. The molecule has 2 aromatic carbocycles.